The Balaban J connectivity index is 1.40. The second kappa shape index (κ2) is 8.86. The molecule has 0 saturated carbocycles. The van der Waals surface area contributed by atoms with Crippen LogP contribution in [0.5, 0.6) is 0 Å². The maximum absolute atomic E-state index is 5.73. The molecule has 4 aromatic heterocycles. The van der Waals surface area contributed by atoms with Gasteiger partial charge in [-0.25, -0.2) is 0 Å². The number of benzene rings is 1. The molecular weight excluding hydrogens is 480 g/mol. The van der Waals surface area contributed by atoms with Gasteiger partial charge in [0.05, 0.1) is 12.3 Å². The molecule has 4 heterocycles. The third-order valence-electron chi connectivity index (χ3n) is 4.40. The van der Waals surface area contributed by atoms with E-state index >= 15 is 0 Å². The van der Waals surface area contributed by atoms with E-state index in [0.717, 1.165) is 22.1 Å². The minimum atomic E-state index is 0.336. The lowest BCUT2D eigenvalue weighted by Crippen LogP contribution is -2.04. The summed E-state index contributed by atoms with van der Waals surface area (Å²) in [6.45, 7) is 0.635. The number of rotatable bonds is 7. The Labute approximate surface area is 189 Å². The summed E-state index contributed by atoms with van der Waals surface area (Å²) in [5, 5.41) is 17.7. The molecule has 0 unspecified atom stereocenters. The summed E-state index contributed by atoms with van der Waals surface area (Å²) in [6, 6.07) is 17.6. The maximum Gasteiger partial charge on any atom is 0.283 e. The number of hydrogen-bond acceptors (Lipinski definition) is 8. The van der Waals surface area contributed by atoms with Crippen molar-refractivity contribution in [2.75, 3.05) is 0 Å². The molecule has 0 aliphatic rings. The molecule has 8 nitrogen and oxygen atoms in total. The Hall–Kier alpha value is -3.24. The molecule has 0 radical (unpaired) electrons. The molecule has 0 N–H and O–H groups in total. The van der Waals surface area contributed by atoms with E-state index in [0.29, 0.717) is 34.5 Å². The quantitative estimate of drug-likeness (QED) is 0.288. The zero-order valence-corrected chi connectivity index (χ0v) is 18.5. The molecule has 0 atom stereocenters. The van der Waals surface area contributed by atoms with Crippen LogP contribution in [0.1, 0.15) is 11.5 Å². The van der Waals surface area contributed by atoms with E-state index in [1.165, 1.54) is 11.8 Å². The van der Waals surface area contributed by atoms with Crippen LogP contribution in [0.3, 0.4) is 0 Å². The minimum Gasteiger partial charge on any atom is -0.444 e. The van der Waals surface area contributed by atoms with E-state index in [9.17, 15) is 0 Å². The molecule has 0 spiro atoms. The van der Waals surface area contributed by atoms with Gasteiger partial charge in [0.2, 0.25) is 5.89 Å². The van der Waals surface area contributed by atoms with Crippen LogP contribution in [0.15, 0.2) is 85.7 Å². The third kappa shape index (κ3) is 4.44. The van der Waals surface area contributed by atoms with E-state index in [1.807, 2.05) is 30.3 Å². The highest BCUT2D eigenvalue weighted by Crippen LogP contribution is 2.29. The van der Waals surface area contributed by atoms with Crippen molar-refractivity contribution in [2.24, 2.45) is 0 Å². The van der Waals surface area contributed by atoms with Gasteiger partial charge in [-0.15, -0.1) is 20.4 Å². The topological polar surface area (TPSA) is 95.7 Å². The molecule has 0 aliphatic carbocycles. The van der Waals surface area contributed by atoms with Crippen LogP contribution in [-0.2, 0) is 12.3 Å². The van der Waals surface area contributed by atoms with Crippen molar-refractivity contribution in [3.8, 4) is 23.0 Å². The van der Waals surface area contributed by atoms with Gasteiger partial charge in [0.1, 0.15) is 0 Å². The van der Waals surface area contributed by atoms with Gasteiger partial charge in [-0.05, 0) is 45.8 Å². The Bertz CT molecular complexity index is 1290. The molecule has 0 amide bonds. The highest BCUT2D eigenvalue weighted by atomic mass is 79.9. The van der Waals surface area contributed by atoms with Crippen molar-refractivity contribution >= 4 is 27.7 Å². The molecule has 5 rings (SSSR count). The SMILES string of the molecule is Brc1ccc(-c2nnc(CSc3nnc(-c4cccnc4)n3Cc3ccccc3)o2)o1. The number of aromatic nitrogens is 6. The van der Waals surface area contributed by atoms with Crippen molar-refractivity contribution in [3.63, 3.8) is 0 Å². The number of furan rings is 1. The van der Waals surface area contributed by atoms with Gasteiger partial charge in [0.25, 0.3) is 5.89 Å². The normalized spacial score (nSPS) is 11.1. The fourth-order valence-electron chi connectivity index (χ4n) is 2.98. The summed E-state index contributed by atoms with van der Waals surface area (Å²) in [5.41, 5.74) is 2.05. The highest BCUT2D eigenvalue weighted by molar-refractivity contribution is 9.10. The van der Waals surface area contributed by atoms with Gasteiger partial charge >= 0.3 is 0 Å². The van der Waals surface area contributed by atoms with E-state index in [-0.39, 0.29) is 0 Å². The average molecular weight is 495 g/mol. The standard InChI is InChI=1S/C21H15BrN6O2S/c22-17-9-8-16(29-17)20-26-24-18(30-20)13-31-21-27-25-19(15-7-4-10-23-11-15)28(21)12-14-5-2-1-3-6-14/h1-11H,12-13H2. The highest BCUT2D eigenvalue weighted by Gasteiger charge is 2.17. The van der Waals surface area contributed by atoms with Crippen molar-refractivity contribution in [1.29, 1.82) is 0 Å². The first-order valence-electron chi connectivity index (χ1n) is 9.35. The second-order valence-electron chi connectivity index (χ2n) is 6.51. The van der Waals surface area contributed by atoms with Crippen LogP contribution >= 0.6 is 27.7 Å². The second-order valence-corrected chi connectivity index (χ2v) is 8.24. The summed E-state index contributed by atoms with van der Waals surface area (Å²) in [4.78, 5) is 4.21. The summed E-state index contributed by atoms with van der Waals surface area (Å²) < 4.78 is 13.9. The van der Waals surface area contributed by atoms with E-state index in [1.54, 1.807) is 24.5 Å². The van der Waals surface area contributed by atoms with Crippen molar-refractivity contribution in [1.82, 2.24) is 29.9 Å². The Kier molecular flexibility index (Phi) is 5.63. The number of nitrogens with zero attached hydrogens (tertiary/aromatic N) is 6. The lowest BCUT2D eigenvalue weighted by atomic mass is 10.2. The molecule has 10 heteroatoms. The minimum absolute atomic E-state index is 0.336. The largest absolute Gasteiger partial charge is 0.444 e. The van der Waals surface area contributed by atoms with E-state index in [2.05, 4.69) is 58.0 Å². The lowest BCUT2D eigenvalue weighted by Gasteiger charge is -2.10. The fourth-order valence-corrected chi connectivity index (χ4v) is 4.06. The molecule has 154 valence electrons. The number of pyridine rings is 1. The van der Waals surface area contributed by atoms with Gasteiger partial charge in [0.15, 0.2) is 21.4 Å². The molecule has 1 aromatic carbocycles. The smallest absolute Gasteiger partial charge is 0.283 e. The van der Waals surface area contributed by atoms with Crippen LogP contribution in [0.2, 0.25) is 0 Å². The molecular formula is C21H15BrN6O2S. The zero-order valence-electron chi connectivity index (χ0n) is 16.1. The third-order valence-corrected chi connectivity index (χ3v) is 5.77. The monoisotopic (exact) mass is 494 g/mol. The average Bonchev–Trinajstić information content (AvgIpc) is 3.54. The van der Waals surface area contributed by atoms with Gasteiger partial charge in [-0.2, -0.15) is 0 Å². The summed E-state index contributed by atoms with van der Waals surface area (Å²) >= 11 is 4.75. The van der Waals surface area contributed by atoms with Gasteiger partial charge < -0.3 is 8.83 Å². The fraction of sp³-hybridized carbons (Fsp3) is 0.0952. The molecule has 0 aliphatic heterocycles. The first-order chi connectivity index (χ1) is 15.3. The van der Waals surface area contributed by atoms with Crippen LogP contribution < -0.4 is 0 Å². The van der Waals surface area contributed by atoms with Crippen LogP contribution in [-0.4, -0.2) is 29.9 Å². The van der Waals surface area contributed by atoms with Crippen molar-refractivity contribution in [3.05, 3.63) is 83.1 Å². The first kappa shape index (κ1) is 19.7. The van der Waals surface area contributed by atoms with Crippen molar-refractivity contribution in [2.45, 2.75) is 17.5 Å². The van der Waals surface area contributed by atoms with Crippen LogP contribution in [0.25, 0.3) is 23.0 Å². The lowest BCUT2D eigenvalue weighted by molar-refractivity contribution is 0.486. The number of thioether (sulfide) groups is 1. The molecule has 0 bridgehead atoms. The van der Waals surface area contributed by atoms with E-state index in [4.69, 9.17) is 8.83 Å². The number of hydrogen-bond donors (Lipinski definition) is 0. The van der Waals surface area contributed by atoms with Crippen molar-refractivity contribution < 1.29 is 8.83 Å². The Morgan fingerprint density at radius 1 is 0.903 bits per heavy atom. The summed E-state index contributed by atoms with van der Waals surface area (Å²) in [6.07, 6.45) is 3.52. The molecule has 0 fully saturated rings. The van der Waals surface area contributed by atoms with Crippen LogP contribution in [0, 0.1) is 0 Å². The Morgan fingerprint density at radius 3 is 2.58 bits per heavy atom. The molecule has 5 aromatic rings. The maximum atomic E-state index is 5.73. The summed E-state index contributed by atoms with van der Waals surface area (Å²) in [7, 11) is 0. The first-order valence-corrected chi connectivity index (χ1v) is 11.1. The van der Waals surface area contributed by atoms with Gasteiger partial charge in [-0.3, -0.25) is 9.55 Å². The van der Waals surface area contributed by atoms with E-state index < -0.39 is 0 Å². The predicted molar refractivity (Wildman–Crippen MR) is 118 cm³/mol. The summed E-state index contributed by atoms with van der Waals surface area (Å²) in [5.74, 6) is 2.54. The van der Waals surface area contributed by atoms with Gasteiger partial charge in [0, 0.05) is 18.0 Å². The van der Waals surface area contributed by atoms with Gasteiger partial charge in [-0.1, -0.05) is 42.1 Å². The number of halogens is 1. The predicted octanol–water partition coefficient (Wildman–Crippen LogP) is 5.09. The Morgan fingerprint density at radius 2 is 1.81 bits per heavy atom. The van der Waals surface area contributed by atoms with Crippen LogP contribution in [0.4, 0.5) is 0 Å². The zero-order chi connectivity index (χ0) is 21.0. The molecule has 0 saturated heterocycles. The molecule has 31 heavy (non-hydrogen) atoms.